The largest absolute Gasteiger partial charge is 0.378 e. The SMILES string of the molecule is Cc1cc(Nc2ccc3nc(-c4ccc(Nc5cc(C)nc6ccc([C@@]78CCO[C@@H](C)C7C8)cc56)cn4)[nH]c3c2)ccn1. The number of H-pyrrole nitrogens is 1. The lowest BCUT2D eigenvalue weighted by molar-refractivity contribution is 0.0125. The smallest absolute Gasteiger partial charge is 0.157 e. The van der Waals surface area contributed by atoms with Crippen molar-refractivity contribution in [2.45, 2.75) is 45.1 Å². The van der Waals surface area contributed by atoms with Crippen molar-refractivity contribution >= 4 is 44.7 Å². The first kappa shape index (κ1) is 25.9. The quantitative estimate of drug-likeness (QED) is 0.189. The number of nitrogens with zero attached hydrogens (tertiary/aromatic N) is 4. The van der Waals surface area contributed by atoms with E-state index in [0.717, 1.165) is 80.6 Å². The molecule has 8 rings (SSSR count). The standard InChI is InChI=1S/C35H33N7O/c1-20-14-25(10-12-36-20)39-24-5-8-30-33(17-24)42-34(41-30)31-9-6-26(19-37-31)40-32-15-21(2)38-29-7-4-23(16-27(29)32)35-11-13-43-22(3)28(35)18-35/h4-10,12,14-17,19,22,28H,11,13,18H2,1-3H3,(H,36,39)(H,38,40)(H,41,42)/t22-,28?,35-/m0/s1. The van der Waals surface area contributed by atoms with Crippen molar-refractivity contribution in [2.75, 3.05) is 17.2 Å². The maximum Gasteiger partial charge on any atom is 0.157 e. The molecule has 1 unspecified atom stereocenters. The third-order valence-corrected chi connectivity index (χ3v) is 9.09. The van der Waals surface area contributed by atoms with Gasteiger partial charge >= 0.3 is 0 Å². The van der Waals surface area contributed by atoms with E-state index in [4.69, 9.17) is 19.7 Å². The molecule has 0 bridgehead atoms. The van der Waals surface area contributed by atoms with Crippen LogP contribution in [-0.4, -0.2) is 37.6 Å². The van der Waals surface area contributed by atoms with Crippen LogP contribution in [0.3, 0.4) is 0 Å². The van der Waals surface area contributed by atoms with Crippen LogP contribution in [0.2, 0.25) is 0 Å². The zero-order valence-electron chi connectivity index (χ0n) is 24.5. The Hall–Kier alpha value is -4.82. The van der Waals surface area contributed by atoms with Gasteiger partial charge in [-0.1, -0.05) is 6.07 Å². The van der Waals surface area contributed by atoms with Gasteiger partial charge in [0.15, 0.2) is 5.82 Å². The zero-order chi connectivity index (χ0) is 29.1. The lowest BCUT2D eigenvalue weighted by Gasteiger charge is -2.27. The van der Waals surface area contributed by atoms with Crippen molar-refractivity contribution in [1.82, 2.24) is 24.9 Å². The molecule has 2 fully saturated rings. The van der Waals surface area contributed by atoms with Crippen LogP contribution in [0.25, 0.3) is 33.5 Å². The van der Waals surface area contributed by atoms with Crippen molar-refractivity contribution in [3.8, 4) is 11.5 Å². The average Bonchev–Trinajstić information content (AvgIpc) is 3.63. The number of hydrogen-bond acceptors (Lipinski definition) is 7. The molecule has 43 heavy (non-hydrogen) atoms. The Balaban J connectivity index is 1.05. The number of anilines is 4. The molecule has 4 aromatic heterocycles. The van der Waals surface area contributed by atoms with Gasteiger partial charge in [0.25, 0.3) is 0 Å². The fourth-order valence-corrected chi connectivity index (χ4v) is 6.79. The molecular weight excluding hydrogens is 534 g/mol. The molecule has 1 aliphatic heterocycles. The second kappa shape index (κ2) is 9.88. The van der Waals surface area contributed by atoms with Crippen LogP contribution in [0.1, 0.15) is 36.7 Å². The predicted molar refractivity (Wildman–Crippen MR) is 171 cm³/mol. The first-order chi connectivity index (χ1) is 20.9. The van der Waals surface area contributed by atoms with Gasteiger partial charge in [-0.2, -0.15) is 0 Å². The fraction of sp³-hybridized carbons (Fsp3) is 0.257. The molecule has 3 atom stereocenters. The number of imidazole rings is 1. The highest BCUT2D eigenvalue weighted by atomic mass is 16.5. The average molecular weight is 568 g/mol. The summed E-state index contributed by atoms with van der Waals surface area (Å²) in [5.74, 6) is 1.34. The molecule has 0 spiro atoms. The summed E-state index contributed by atoms with van der Waals surface area (Å²) in [5, 5.41) is 8.20. The second-order valence-corrected chi connectivity index (χ2v) is 12.0. The summed E-state index contributed by atoms with van der Waals surface area (Å²) >= 11 is 0. The molecule has 8 nitrogen and oxygen atoms in total. The van der Waals surface area contributed by atoms with Crippen molar-refractivity contribution in [3.05, 3.63) is 96.1 Å². The van der Waals surface area contributed by atoms with Crippen molar-refractivity contribution in [1.29, 1.82) is 0 Å². The summed E-state index contributed by atoms with van der Waals surface area (Å²) in [5.41, 5.74) is 11.2. The number of aryl methyl sites for hydroxylation is 2. The van der Waals surface area contributed by atoms with Crippen LogP contribution in [0.15, 0.2) is 79.1 Å². The van der Waals surface area contributed by atoms with E-state index in [1.54, 1.807) is 6.20 Å². The van der Waals surface area contributed by atoms with Crippen LogP contribution in [0, 0.1) is 19.8 Å². The highest BCUT2D eigenvalue weighted by molar-refractivity contribution is 5.94. The first-order valence-corrected chi connectivity index (χ1v) is 14.9. The normalized spacial score (nSPS) is 21.1. The summed E-state index contributed by atoms with van der Waals surface area (Å²) in [6.45, 7) is 7.07. The third-order valence-electron chi connectivity index (χ3n) is 9.09. The zero-order valence-corrected chi connectivity index (χ0v) is 24.5. The Kier molecular flexibility index (Phi) is 5.94. The molecule has 1 saturated carbocycles. The molecule has 0 amide bonds. The van der Waals surface area contributed by atoms with E-state index in [1.807, 2.05) is 50.4 Å². The molecule has 5 heterocycles. The number of hydrogen-bond donors (Lipinski definition) is 3. The Morgan fingerprint density at radius 2 is 1.70 bits per heavy atom. The highest BCUT2D eigenvalue weighted by Gasteiger charge is 2.59. The van der Waals surface area contributed by atoms with Crippen LogP contribution in [-0.2, 0) is 10.2 Å². The van der Waals surface area contributed by atoms with Crippen LogP contribution < -0.4 is 10.6 Å². The van der Waals surface area contributed by atoms with Gasteiger partial charge in [0.1, 0.15) is 5.69 Å². The van der Waals surface area contributed by atoms with Gasteiger partial charge in [-0.05, 0) is 106 Å². The van der Waals surface area contributed by atoms with Crippen molar-refractivity contribution in [3.63, 3.8) is 0 Å². The van der Waals surface area contributed by atoms with Gasteiger partial charge in [0.05, 0.1) is 34.5 Å². The van der Waals surface area contributed by atoms with Crippen LogP contribution in [0.5, 0.6) is 0 Å². The number of fused-ring (bicyclic) bond motifs is 3. The van der Waals surface area contributed by atoms with Crippen molar-refractivity contribution < 1.29 is 4.74 Å². The lowest BCUT2D eigenvalue weighted by atomic mass is 9.86. The lowest BCUT2D eigenvalue weighted by Crippen LogP contribution is -2.27. The molecule has 6 aromatic rings. The molecule has 2 aromatic carbocycles. The molecule has 0 radical (unpaired) electrons. The number of nitrogens with one attached hydrogen (secondary N) is 3. The number of rotatable bonds is 6. The summed E-state index contributed by atoms with van der Waals surface area (Å²) in [6, 6.07) is 23.0. The van der Waals surface area contributed by atoms with E-state index >= 15 is 0 Å². The van der Waals surface area contributed by atoms with Gasteiger partial charge < -0.3 is 20.4 Å². The van der Waals surface area contributed by atoms with E-state index in [-0.39, 0.29) is 5.41 Å². The minimum atomic E-state index is 0.249. The third kappa shape index (κ3) is 4.68. The minimum Gasteiger partial charge on any atom is -0.378 e. The van der Waals surface area contributed by atoms with Gasteiger partial charge in [-0.25, -0.2) is 4.98 Å². The summed E-state index contributed by atoms with van der Waals surface area (Å²) < 4.78 is 5.93. The van der Waals surface area contributed by atoms with E-state index in [1.165, 1.54) is 12.0 Å². The molecule has 214 valence electrons. The van der Waals surface area contributed by atoms with E-state index in [0.29, 0.717) is 12.0 Å². The molecule has 3 N–H and O–H groups in total. The number of ether oxygens (including phenoxy) is 1. The van der Waals surface area contributed by atoms with Gasteiger partial charge in [0.2, 0.25) is 0 Å². The number of aromatic nitrogens is 5. The molecular formula is C35H33N7O. The van der Waals surface area contributed by atoms with Gasteiger partial charge in [0, 0.05) is 52.1 Å². The fourth-order valence-electron chi connectivity index (χ4n) is 6.79. The van der Waals surface area contributed by atoms with E-state index in [9.17, 15) is 0 Å². The second-order valence-electron chi connectivity index (χ2n) is 12.0. The van der Waals surface area contributed by atoms with E-state index < -0.39 is 0 Å². The molecule has 1 aliphatic carbocycles. The van der Waals surface area contributed by atoms with Gasteiger partial charge in [-0.3, -0.25) is 15.0 Å². The first-order valence-electron chi connectivity index (χ1n) is 14.9. The summed E-state index contributed by atoms with van der Waals surface area (Å²) in [6.07, 6.45) is 6.29. The minimum absolute atomic E-state index is 0.249. The van der Waals surface area contributed by atoms with Crippen LogP contribution in [0.4, 0.5) is 22.7 Å². The molecule has 1 saturated heterocycles. The van der Waals surface area contributed by atoms with Crippen LogP contribution >= 0.6 is 0 Å². The van der Waals surface area contributed by atoms with Crippen molar-refractivity contribution in [2.24, 2.45) is 5.92 Å². The monoisotopic (exact) mass is 567 g/mol. The Bertz CT molecular complexity index is 2000. The summed E-state index contributed by atoms with van der Waals surface area (Å²) in [4.78, 5) is 22.1. The van der Waals surface area contributed by atoms with Gasteiger partial charge in [-0.15, -0.1) is 0 Å². The Morgan fingerprint density at radius 1 is 0.837 bits per heavy atom. The molecule has 2 aliphatic rings. The topological polar surface area (TPSA) is 101 Å². The Labute approximate surface area is 250 Å². The summed E-state index contributed by atoms with van der Waals surface area (Å²) in [7, 11) is 0. The number of benzene rings is 2. The number of aromatic amines is 1. The highest BCUT2D eigenvalue weighted by Crippen LogP contribution is 2.61. The number of pyridine rings is 3. The predicted octanol–water partition coefficient (Wildman–Crippen LogP) is 7.74. The maximum absolute atomic E-state index is 5.93. The van der Waals surface area contributed by atoms with E-state index in [2.05, 4.69) is 63.9 Å². The molecule has 8 heteroatoms. The Morgan fingerprint density at radius 3 is 2.56 bits per heavy atom. The maximum atomic E-state index is 5.93.